The number of phenolic OH excluding ortho intramolecular Hbond substituents is 1. The van der Waals surface area contributed by atoms with Gasteiger partial charge in [0.15, 0.2) is 11.0 Å². The minimum Gasteiger partial charge on any atom is -0.507 e. The summed E-state index contributed by atoms with van der Waals surface area (Å²) in [6.07, 6.45) is 1.46. The van der Waals surface area contributed by atoms with Crippen molar-refractivity contribution in [3.8, 4) is 22.8 Å². The molecule has 0 bridgehead atoms. The lowest BCUT2D eigenvalue weighted by Gasteiger charge is -2.11. The molecule has 184 valence electrons. The van der Waals surface area contributed by atoms with Crippen LogP contribution < -0.4 is 5.43 Å². The molecule has 2 N–H and O–H groups in total. The lowest BCUT2D eigenvalue weighted by Crippen LogP contribution is -2.20. The monoisotopic (exact) mass is 507 g/mol. The number of aromatic hydroxyl groups is 1. The second-order valence-corrected chi connectivity index (χ2v) is 9.59. The van der Waals surface area contributed by atoms with Crippen LogP contribution in [0.15, 0.2) is 95.2 Å². The summed E-state index contributed by atoms with van der Waals surface area (Å²) in [6.45, 7) is 4.08. The zero-order valence-corrected chi connectivity index (χ0v) is 21.2. The van der Waals surface area contributed by atoms with Crippen LogP contribution in [0.4, 0.5) is 0 Å². The third-order valence-electron chi connectivity index (χ3n) is 5.90. The summed E-state index contributed by atoms with van der Waals surface area (Å²) in [5.74, 6) is 0.602. The van der Waals surface area contributed by atoms with E-state index in [-0.39, 0.29) is 17.4 Å². The average molecular weight is 508 g/mol. The van der Waals surface area contributed by atoms with Gasteiger partial charge in [-0.25, -0.2) is 5.43 Å². The molecule has 0 aliphatic carbocycles. The van der Waals surface area contributed by atoms with Crippen LogP contribution in [0, 0.1) is 13.8 Å². The van der Waals surface area contributed by atoms with E-state index in [1.165, 1.54) is 18.0 Å². The predicted octanol–water partition coefficient (Wildman–Crippen LogP) is 5.65. The Balaban J connectivity index is 1.34. The number of amides is 1. The van der Waals surface area contributed by atoms with Gasteiger partial charge in [0.05, 0.1) is 12.0 Å². The van der Waals surface area contributed by atoms with Gasteiger partial charge in [-0.15, -0.1) is 10.2 Å². The fourth-order valence-corrected chi connectivity index (χ4v) is 4.67. The van der Waals surface area contributed by atoms with E-state index in [1.54, 1.807) is 6.07 Å². The van der Waals surface area contributed by atoms with Crippen LogP contribution in [-0.4, -0.2) is 37.7 Å². The normalized spacial score (nSPS) is 11.3. The SMILES string of the molecule is Cc1ccc(-c2nnc(SCC(=O)N/N=C/c3c(O)ccc4ccccc34)n2-c2ccc(C)cc2)cc1. The highest BCUT2D eigenvalue weighted by molar-refractivity contribution is 7.99. The van der Waals surface area contributed by atoms with Crippen LogP contribution in [0.1, 0.15) is 16.7 Å². The maximum absolute atomic E-state index is 12.6. The van der Waals surface area contributed by atoms with Gasteiger partial charge in [0.1, 0.15) is 5.75 Å². The van der Waals surface area contributed by atoms with Crippen molar-refractivity contribution < 1.29 is 9.90 Å². The van der Waals surface area contributed by atoms with Gasteiger partial charge < -0.3 is 5.11 Å². The molecule has 5 aromatic rings. The number of thioether (sulfide) groups is 1. The quantitative estimate of drug-likeness (QED) is 0.169. The van der Waals surface area contributed by atoms with Crippen molar-refractivity contribution in [2.75, 3.05) is 5.75 Å². The zero-order chi connectivity index (χ0) is 25.8. The lowest BCUT2D eigenvalue weighted by atomic mass is 10.0. The molecule has 0 saturated heterocycles. The number of aryl methyl sites for hydroxylation is 2. The standard InChI is InChI=1S/C29H25N5O2S/c1-19-7-11-22(12-8-19)28-32-33-29(34(28)23-14-9-20(2)10-15-23)37-18-27(36)31-30-17-25-24-6-4-3-5-21(24)13-16-26(25)35/h3-17,35H,18H2,1-2H3,(H,31,36)/b30-17+. The van der Waals surface area contributed by atoms with Gasteiger partial charge >= 0.3 is 0 Å². The maximum Gasteiger partial charge on any atom is 0.250 e. The molecular formula is C29H25N5O2S. The number of hydrazone groups is 1. The average Bonchev–Trinajstić information content (AvgIpc) is 3.33. The fraction of sp³-hybridized carbons (Fsp3) is 0.103. The Morgan fingerprint density at radius 2 is 1.65 bits per heavy atom. The number of rotatable bonds is 7. The summed E-state index contributed by atoms with van der Waals surface area (Å²) < 4.78 is 1.96. The van der Waals surface area contributed by atoms with Crippen molar-refractivity contribution in [3.63, 3.8) is 0 Å². The Hall–Kier alpha value is -4.43. The number of fused-ring (bicyclic) bond motifs is 1. The number of hydrogen-bond donors (Lipinski definition) is 2. The number of aromatic nitrogens is 3. The molecule has 1 amide bonds. The van der Waals surface area contributed by atoms with Gasteiger partial charge in [0, 0.05) is 16.8 Å². The summed E-state index contributed by atoms with van der Waals surface area (Å²) in [5.41, 5.74) is 7.26. The van der Waals surface area contributed by atoms with Crippen molar-refractivity contribution in [1.29, 1.82) is 0 Å². The maximum atomic E-state index is 12.6. The second kappa shape index (κ2) is 10.7. The van der Waals surface area contributed by atoms with Gasteiger partial charge in [0.25, 0.3) is 5.91 Å². The van der Waals surface area contributed by atoms with E-state index >= 15 is 0 Å². The minimum absolute atomic E-state index is 0.0940. The largest absolute Gasteiger partial charge is 0.507 e. The Morgan fingerprint density at radius 1 is 0.946 bits per heavy atom. The van der Waals surface area contributed by atoms with Crippen molar-refractivity contribution in [2.45, 2.75) is 19.0 Å². The highest BCUT2D eigenvalue weighted by Crippen LogP contribution is 2.29. The van der Waals surface area contributed by atoms with E-state index < -0.39 is 0 Å². The van der Waals surface area contributed by atoms with Gasteiger partial charge in [-0.2, -0.15) is 5.10 Å². The molecular weight excluding hydrogens is 482 g/mol. The van der Waals surface area contributed by atoms with Crippen LogP contribution >= 0.6 is 11.8 Å². The van der Waals surface area contributed by atoms with Crippen LogP contribution in [0.2, 0.25) is 0 Å². The smallest absolute Gasteiger partial charge is 0.250 e. The first-order valence-electron chi connectivity index (χ1n) is 11.7. The molecule has 1 aromatic heterocycles. The van der Waals surface area contributed by atoms with E-state index in [1.807, 2.05) is 97.3 Å². The molecule has 0 unspecified atom stereocenters. The van der Waals surface area contributed by atoms with E-state index in [0.29, 0.717) is 16.5 Å². The highest BCUT2D eigenvalue weighted by atomic mass is 32.2. The number of nitrogens with zero attached hydrogens (tertiary/aromatic N) is 4. The molecule has 1 heterocycles. The van der Waals surface area contributed by atoms with Gasteiger partial charge in [-0.1, -0.05) is 89.6 Å². The molecule has 8 heteroatoms. The number of benzene rings is 4. The molecule has 0 spiro atoms. The van der Waals surface area contributed by atoms with E-state index in [0.717, 1.165) is 33.2 Å². The van der Waals surface area contributed by atoms with Crippen LogP contribution in [0.3, 0.4) is 0 Å². The summed E-state index contributed by atoms with van der Waals surface area (Å²) >= 11 is 1.28. The Morgan fingerprint density at radius 3 is 2.41 bits per heavy atom. The predicted molar refractivity (Wildman–Crippen MR) is 148 cm³/mol. The zero-order valence-electron chi connectivity index (χ0n) is 20.4. The van der Waals surface area contributed by atoms with Crippen molar-refractivity contribution >= 4 is 34.7 Å². The molecule has 5 rings (SSSR count). The topological polar surface area (TPSA) is 92.4 Å². The van der Waals surface area contributed by atoms with Crippen molar-refractivity contribution in [2.24, 2.45) is 5.10 Å². The number of hydrogen-bond acceptors (Lipinski definition) is 6. The summed E-state index contributed by atoms with van der Waals surface area (Å²) in [4.78, 5) is 12.6. The fourth-order valence-electron chi connectivity index (χ4n) is 3.93. The second-order valence-electron chi connectivity index (χ2n) is 8.64. The molecule has 7 nitrogen and oxygen atoms in total. The van der Waals surface area contributed by atoms with E-state index in [4.69, 9.17) is 0 Å². The van der Waals surface area contributed by atoms with Gasteiger partial charge in [-0.3, -0.25) is 9.36 Å². The van der Waals surface area contributed by atoms with Crippen molar-refractivity contribution in [1.82, 2.24) is 20.2 Å². The third kappa shape index (κ3) is 5.39. The summed E-state index contributed by atoms with van der Waals surface area (Å²) in [7, 11) is 0. The van der Waals surface area contributed by atoms with Crippen LogP contribution in [0.25, 0.3) is 27.8 Å². The first-order chi connectivity index (χ1) is 18.0. The minimum atomic E-state index is -0.295. The Kier molecular flexibility index (Phi) is 7.00. The molecule has 0 aliphatic rings. The van der Waals surface area contributed by atoms with E-state index in [9.17, 15) is 9.90 Å². The molecule has 37 heavy (non-hydrogen) atoms. The number of nitrogens with one attached hydrogen (secondary N) is 1. The summed E-state index contributed by atoms with van der Waals surface area (Å²) in [5, 5.41) is 25.6. The van der Waals surface area contributed by atoms with Crippen LogP contribution in [0.5, 0.6) is 5.75 Å². The summed E-state index contributed by atoms with van der Waals surface area (Å²) in [6, 6.07) is 27.3. The Bertz CT molecular complexity index is 1590. The lowest BCUT2D eigenvalue weighted by molar-refractivity contribution is -0.118. The third-order valence-corrected chi connectivity index (χ3v) is 6.83. The first kappa shape index (κ1) is 24.3. The van der Waals surface area contributed by atoms with Crippen LogP contribution in [-0.2, 0) is 4.79 Å². The van der Waals surface area contributed by atoms with E-state index in [2.05, 4.69) is 20.7 Å². The number of carbonyl (C=O) groups is 1. The number of phenols is 1. The molecule has 0 atom stereocenters. The first-order valence-corrected chi connectivity index (χ1v) is 12.7. The highest BCUT2D eigenvalue weighted by Gasteiger charge is 2.17. The Labute approximate surface area is 218 Å². The number of carbonyl (C=O) groups excluding carboxylic acids is 1. The van der Waals surface area contributed by atoms with Gasteiger partial charge in [-0.05, 0) is 42.8 Å². The molecule has 0 saturated carbocycles. The molecule has 0 radical (unpaired) electrons. The van der Waals surface area contributed by atoms with Crippen molar-refractivity contribution in [3.05, 3.63) is 102 Å². The van der Waals surface area contributed by atoms with Gasteiger partial charge in [0.2, 0.25) is 0 Å². The molecule has 0 fully saturated rings. The molecule has 4 aromatic carbocycles. The molecule has 0 aliphatic heterocycles.